The van der Waals surface area contributed by atoms with E-state index in [-0.39, 0.29) is 0 Å². The molecule has 1 N–H and O–H groups in total. The molecule has 0 saturated carbocycles. The minimum absolute atomic E-state index is 0.703. The summed E-state index contributed by atoms with van der Waals surface area (Å²) in [7, 11) is 0. The number of benzene rings is 2. The fourth-order valence-corrected chi connectivity index (χ4v) is 2.63. The monoisotopic (exact) mass is 373 g/mol. The molecule has 0 aliphatic rings. The summed E-state index contributed by atoms with van der Waals surface area (Å²) < 4.78 is 2.04. The number of halogens is 3. The van der Waals surface area contributed by atoms with E-state index in [0.29, 0.717) is 6.54 Å². The largest absolute Gasteiger partial charge is 0.380 e. The number of hydrogen-bond donors (Lipinski definition) is 1. The van der Waals surface area contributed by atoms with Crippen LogP contribution in [0.4, 0.5) is 5.69 Å². The van der Waals surface area contributed by atoms with Gasteiger partial charge >= 0.3 is 0 Å². The Morgan fingerprint density at radius 1 is 1.06 bits per heavy atom. The van der Waals surface area contributed by atoms with Crippen molar-refractivity contribution in [3.63, 3.8) is 0 Å². The van der Waals surface area contributed by atoms with Crippen molar-refractivity contribution in [1.82, 2.24) is 0 Å². The molecule has 0 amide bonds. The Labute approximate surface area is 122 Å². The zero-order valence-corrected chi connectivity index (χ0v) is 12.8. The van der Waals surface area contributed by atoms with Crippen LogP contribution in [0.15, 0.2) is 51.4 Å². The van der Waals surface area contributed by atoms with Gasteiger partial charge in [-0.1, -0.05) is 45.7 Å². The normalized spacial score (nSPS) is 10.3. The number of para-hydroxylation sites is 1. The quantitative estimate of drug-likeness (QED) is 0.749. The second-order valence-corrected chi connectivity index (χ2v) is 5.75. The van der Waals surface area contributed by atoms with E-state index in [2.05, 4.69) is 37.2 Å². The third-order valence-electron chi connectivity index (χ3n) is 2.36. The summed E-state index contributed by atoms with van der Waals surface area (Å²) >= 11 is 13.0. The van der Waals surface area contributed by atoms with Crippen LogP contribution in [0, 0.1) is 0 Å². The average Bonchev–Trinajstić information content (AvgIpc) is 2.30. The lowest BCUT2D eigenvalue weighted by Crippen LogP contribution is -2.00. The Morgan fingerprint density at radius 3 is 2.53 bits per heavy atom. The van der Waals surface area contributed by atoms with Crippen molar-refractivity contribution in [2.45, 2.75) is 6.54 Å². The van der Waals surface area contributed by atoms with E-state index in [1.165, 1.54) is 0 Å². The highest BCUT2D eigenvalue weighted by molar-refractivity contribution is 9.10. The van der Waals surface area contributed by atoms with Crippen LogP contribution in [0.25, 0.3) is 0 Å². The third-order valence-corrected chi connectivity index (χ3v) is 3.89. The first-order chi connectivity index (χ1) is 8.16. The third kappa shape index (κ3) is 3.47. The molecule has 0 radical (unpaired) electrons. The molecular weight excluding hydrogens is 365 g/mol. The zero-order chi connectivity index (χ0) is 12.3. The number of nitrogens with one attached hydrogen (secondary N) is 1. The first-order valence-electron chi connectivity index (χ1n) is 5.09. The molecule has 0 aromatic heterocycles. The molecule has 0 fully saturated rings. The predicted molar refractivity (Wildman–Crippen MR) is 80.6 cm³/mol. The fraction of sp³-hybridized carbons (Fsp3) is 0.0769. The van der Waals surface area contributed by atoms with Crippen molar-refractivity contribution in [2.24, 2.45) is 0 Å². The first kappa shape index (κ1) is 12.9. The van der Waals surface area contributed by atoms with E-state index in [9.17, 15) is 0 Å². The minimum Gasteiger partial charge on any atom is -0.380 e. The molecule has 2 aromatic carbocycles. The second-order valence-electron chi connectivity index (χ2n) is 3.57. The summed E-state index contributed by atoms with van der Waals surface area (Å²) in [5.41, 5.74) is 2.14. The molecule has 0 heterocycles. The highest BCUT2D eigenvalue weighted by Crippen LogP contribution is 2.25. The van der Waals surface area contributed by atoms with E-state index in [1.54, 1.807) is 0 Å². The SMILES string of the molecule is Clc1cc(Br)ccc1CNc1ccccc1Br. The van der Waals surface area contributed by atoms with Crippen molar-refractivity contribution in [3.8, 4) is 0 Å². The summed E-state index contributed by atoms with van der Waals surface area (Å²) in [6.07, 6.45) is 0. The van der Waals surface area contributed by atoms with Gasteiger partial charge < -0.3 is 5.32 Å². The summed E-state index contributed by atoms with van der Waals surface area (Å²) in [4.78, 5) is 0. The lowest BCUT2D eigenvalue weighted by Gasteiger charge is -2.09. The molecule has 0 saturated heterocycles. The summed E-state index contributed by atoms with van der Waals surface area (Å²) in [6.45, 7) is 0.703. The maximum atomic E-state index is 6.15. The molecular formula is C13H10Br2ClN. The van der Waals surface area contributed by atoms with E-state index >= 15 is 0 Å². The van der Waals surface area contributed by atoms with E-state index < -0.39 is 0 Å². The van der Waals surface area contributed by atoms with Crippen LogP contribution >= 0.6 is 43.5 Å². The van der Waals surface area contributed by atoms with Gasteiger partial charge in [0.2, 0.25) is 0 Å². The lowest BCUT2D eigenvalue weighted by atomic mass is 10.2. The van der Waals surface area contributed by atoms with Crippen LogP contribution < -0.4 is 5.32 Å². The van der Waals surface area contributed by atoms with Crippen LogP contribution in [0.5, 0.6) is 0 Å². The van der Waals surface area contributed by atoms with Gasteiger partial charge in [0.25, 0.3) is 0 Å². The maximum Gasteiger partial charge on any atom is 0.0487 e. The molecule has 0 aliphatic heterocycles. The molecule has 0 unspecified atom stereocenters. The van der Waals surface area contributed by atoms with Gasteiger partial charge in [0.1, 0.15) is 0 Å². The van der Waals surface area contributed by atoms with Gasteiger partial charge in [-0.3, -0.25) is 0 Å². The number of anilines is 1. The van der Waals surface area contributed by atoms with Crippen molar-refractivity contribution < 1.29 is 0 Å². The van der Waals surface area contributed by atoms with Crippen LogP contribution in [0.2, 0.25) is 5.02 Å². The molecule has 0 bridgehead atoms. The van der Waals surface area contributed by atoms with Crippen molar-refractivity contribution in [1.29, 1.82) is 0 Å². The molecule has 2 aromatic rings. The second kappa shape index (κ2) is 5.89. The van der Waals surface area contributed by atoms with E-state index in [1.807, 2.05) is 42.5 Å². The smallest absolute Gasteiger partial charge is 0.0487 e. The lowest BCUT2D eigenvalue weighted by molar-refractivity contribution is 1.14. The minimum atomic E-state index is 0.703. The van der Waals surface area contributed by atoms with Crippen LogP contribution in [-0.2, 0) is 6.54 Å². The Morgan fingerprint density at radius 2 is 1.82 bits per heavy atom. The van der Waals surface area contributed by atoms with Gasteiger partial charge in [-0.15, -0.1) is 0 Å². The molecule has 0 aliphatic carbocycles. The predicted octanol–water partition coefficient (Wildman–Crippen LogP) is 5.48. The van der Waals surface area contributed by atoms with Crippen LogP contribution in [0.3, 0.4) is 0 Å². The maximum absolute atomic E-state index is 6.15. The zero-order valence-electron chi connectivity index (χ0n) is 8.88. The Kier molecular flexibility index (Phi) is 4.48. The molecule has 0 atom stereocenters. The van der Waals surface area contributed by atoms with Crippen molar-refractivity contribution >= 4 is 49.1 Å². The van der Waals surface area contributed by atoms with Gasteiger partial charge in [-0.25, -0.2) is 0 Å². The number of rotatable bonds is 3. The molecule has 0 spiro atoms. The Bertz CT molecular complexity index is 529. The standard InChI is InChI=1S/C13H10Br2ClN/c14-10-6-5-9(12(16)7-10)8-17-13-4-2-1-3-11(13)15/h1-7,17H,8H2. The van der Waals surface area contributed by atoms with Gasteiger partial charge in [-0.05, 0) is 45.8 Å². The average molecular weight is 375 g/mol. The molecule has 88 valence electrons. The Balaban J connectivity index is 2.10. The van der Waals surface area contributed by atoms with E-state index in [4.69, 9.17) is 11.6 Å². The first-order valence-corrected chi connectivity index (χ1v) is 7.05. The summed E-state index contributed by atoms with van der Waals surface area (Å²) in [5, 5.41) is 4.11. The van der Waals surface area contributed by atoms with Crippen LogP contribution in [0.1, 0.15) is 5.56 Å². The summed E-state index contributed by atoms with van der Waals surface area (Å²) in [5.74, 6) is 0. The van der Waals surface area contributed by atoms with Crippen molar-refractivity contribution in [2.75, 3.05) is 5.32 Å². The van der Waals surface area contributed by atoms with E-state index in [0.717, 1.165) is 25.2 Å². The molecule has 2 rings (SSSR count). The van der Waals surface area contributed by atoms with Gasteiger partial charge in [0, 0.05) is 26.2 Å². The molecule has 17 heavy (non-hydrogen) atoms. The molecule has 4 heteroatoms. The molecule has 1 nitrogen and oxygen atoms in total. The highest BCUT2D eigenvalue weighted by Gasteiger charge is 2.02. The van der Waals surface area contributed by atoms with Gasteiger partial charge in [-0.2, -0.15) is 0 Å². The Hall–Kier alpha value is -0.510. The fourth-order valence-electron chi connectivity index (χ4n) is 1.46. The highest BCUT2D eigenvalue weighted by atomic mass is 79.9. The van der Waals surface area contributed by atoms with Gasteiger partial charge in [0.05, 0.1) is 0 Å². The topological polar surface area (TPSA) is 12.0 Å². The summed E-state index contributed by atoms with van der Waals surface area (Å²) in [6, 6.07) is 13.9. The van der Waals surface area contributed by atoms with Crippen LogP contribution in [-0.4, -0.2) is 0 Å². The van der Waals surface area contributed by atoms with Crippen molar-refractivity contribution in [3.05, 3.63) is 62.0 Å². The van der Waals surface area contributed by atoms with Gasteiger partial charge in [0.15, 0.2) is 0 Å². The number of hydrogen-bond acceptors (Lipinski definition) is 1.